The third-order valence-electron chi connectivity index (χ3n) is 3.48. The van der Waals surface area contributed by atoms with Crippen molar-refractivity contribution in [3.8, 4) is 11.5 Å². The lowest BCUT2D eigenvalue weighted by molar-refractivity contribution is 0.170. The van der Waals surface area contributed by atoms with Crippen molar-refractivity contribution < 1.29 is 13.9 Å². The van der Waals surface area contributed by atoms with E-state index in [-0.39, 0.29) is 16.8 Å². The summed E-state index contributed by atoms with van der Waals surface area (Å²) < 4.78 is 25.1. The van der Waals surface area contributed by atoms with Crippen molar-refractivity contribution in [2.24, 2.45) is 0 Å². The molecule has 1 saturated heterocycles. The molecule has 2 aliphatic heterocycles. The molecule has 1 aromatic rings. The van der Waals surface area contributed by atoms with Gasteiger partial charge in [-0.25, -0.2) is 4.39 Å². The second kappa shape index (κ2) is 4.94. The summed E-state index contributed by atoms with van der Waals surface area (Å²) in [6.07, 6.45) is 2.02. The third-order valence-corrected chi connectivity index (χ3v) is 3.82. The van der Waals surface area contributed by atoms with Crippen molar-refractivity contribution in [3.05, 3.63) is 22.5 Å². The highest BCUT2D eigenvalue weighted by Crippen LogP contribution is 2.43. The number of halogens is 2. The van der Waals surface area contributed by atoms with Gasteiger partial charge in [-0.2, -0.15) is 0 Å². The molecule has 1 N–H and O–H groups in total. The number of ether oxygens (including phenoxy) is 2. The van der Waals surface area contributed by atoms with Crippen LogP contribution in [-0.4, -0.2) is 26.3 Å². The number of hydrogen-bond acceptors (Lipinski definition) is 3. The molecular weight excluding hydrogens is 257 g/mol. The molecule has 0 spiro atoms. The maximum atomic E-state index is 14.3. The molecule has 0 aromatic heterocycles. The second-order valence-electron chi connectivity index (χ2n) is 4.66. The Kier molecular flexibility index (Phi) is 3.31. The van der Waals surface area contributed by atoms with Gasteiger partial charge >= 0.3 is 0 Å². The molecule has 0 radical (unpaired) electrons. The molecule has 0 amide bonds. The lowest BCUT2D eigenvalue weighted by atomic mass is 9.91. The van der Waals surface area contributed by atoms with Crippen molar-refractivity contribution in [2.75, 3.05) is 26.3 Å². The van der Waals surface area contributed by atoms with E-state index in [4.69, 9.17) is 21.1 Å². The molecule has 1 unspecified atom stereocenters. The molecule has 3 nitrogen and oxygen atoms in total. The Morgan fingerprint density at radius 3 is 2.94 bits per heavy atom. The minimum atomic E-state index is -0.366. The Labute approximate surface area is 110 Å². The smallest absolute Gasteiger partial charge is 0.182 e. The van der Waals surface area contributed by atoms with Crippen molar-refractivity contribution >= 4 is 11.6 Å². The van der Waals surface area contributed by atoms with Crippen LogP contribution in [0.4, 0.5) is 4.39 Å². The van der Waals surface area contributed by atoms with E-state index in [0.717, 1.165) is 25.9 Å². The molecule has 0 bridgehead atoms. The minimum Gasteiger partial charge on any atom is -0.486 e. The van der Waals surface area contributed by atoms with Gasteiger partial charge in [0.15, 0.2) is 11.5 Å². The minimum absolute atomic E-state index is 0.0489. The average Bonchev–Trinajstić information content (AvgIpc) is 2.44. The normalized spacial score (nSPS) is 22.9. The summed E-state index contributed by atoms with van der Waals surface area (Å²) in [5, 5.41) is 3.33. The summed E-state index contributed by atoms with van der Waals surface area (Å²) in [7, 11) is 0. The molecule has 18 heavy (non-hydrogen) atoms. The summed E-state index contributed by atoms with van der Waals surface area (Å²) in [4.78, 5) is 0. The zero-order chi connectivity index (χ0) is 12.5. The number of benzene rings is 1. The molecular formula is C13H15ClFNO2. The molecule has 0 aliphatic carbocycles. The van der Waals surface area contributed by atoms with Crippen LogP contribution in [0, 0.1) is 5.82 Å². The van der Waals surface area contributed by atoms with E-state index in [1.807, 2.05) is 0 Å². The SMILES string of the molecule is Fc1c(C2CCCNC2)cc2c(c1Cl)OCCO2. The Morgan fingerprint density at radius 1 is 1.33 bits per heavy atom. The largest absolute Gasteiger partial charge is 0.486 e. The highest BCUT2D eigenvalue weighted by atomic mass is 35.5. The highest BCUT2D eigenvalue weighted by Gasteiger charge is 2.26. The first-order valence-corrected chi connectivity index (χ1v) is 6.63. The number of rotatable bonds is 1. The number of nitrogens with one attached hydrogen (secondary N) is 1. The lowest BCUT2D eigenvalue weighted by Gasteiger charge is -2.26. The van der Waals surface area contributed by atoms with Gasteiger partial charge in [0.2, 0.25) is 0 Å². The molecule has 2 aliphatic rings. The maximum absolute atomic E-state index is 14.3. The monoisotopic (exact) mass is 271 g/mol. The molecule has 2 heterocycles. The summed E-state index contributed by atoms with van der Waals surface area (Å²) >= 11 is 6.04. The number of piperidine rings is 1. The van der Waals surface area contributed by atoms with E-state index in [1.165, 1.54) is 0 Å². The van der Waals surface area contributed by atoms with Crippen LogP contribution in [0.25, 0.3) is 0 Å². The van der Waals surface area contributed by atoms with Crippen molar-refractivity contribution in [2.45, 2.75) is 18.8 Å². The molecule has 3 rings (SSSR count). The first-order chi connectivity index (χ1) is 8.77. The molecule has 1 fully saturated rings. The zero-order valence-electron chi connectivity index (χ0n) is 9.97. The van der Waals surface area contributed by atoms with E-state index in [2.05, 4.69) is 5.32 Å². The van der Waals surface area contributed by atoms with Crippen LogP contribution in [0.1, 0.15) is 24.3 Å². The molecule has 1 aromatic carbocycles. The summed E-state index contributed by atoms with van der Waals surface area (Å²) in [5.41, 5.74) is 0.636. The second-order valence-corrected chi connectivity index (χ2v) is 5.04. The average molecular weight is 272 g/mol. The molecule has 0 saturated carbocycles. The van der Waals surface area contributed by atoms with Crippen LogP contribution in [-0.2, 0) is 0 Å². The summed E-state index contributed by atoms with van der Waals surface area (Å²) in [6, 6.07) is 1.74. The van der Waals surface area contributed by atoms with Gasteiger partial charge in [0.05, 0.1) is 0 Å². The van der Waals surface area contributed by atoms with E-state index >= 15 is 0 Å². The Bertz CT molecular complexity index is 461. The van der Waals surface area contributed by atoms with Crippen LogP contribution in [0.2, 0.25) is 5.02 Å². The highest BCUT2D eigenvalue weighted by molar-refractivity contribution is 6.32. The zero-order valence-corrected chi connectivity index (χ0v) is 10.7. The Morgan fingerprint density at radius 2 is 2.17 bits per heavy atom. The fraction of sp³-hybridized carbons (Fsp3) is 0.538. The first kappa shape index (κ1) is 12.1. The van der Waals surface area contributed by atoms with Gasteiger partial charge in [0, 0.05) is 6.54 Å². The Balaban J connectivity index is 2.01. The van der Waals surface area contributed by atoms with Crippen LogP contribution >= 0.6 is 11.6 Å². The topological polar surface area (TPSA) is 30.5 Å². The fourth-order valence-corrected chi connectivity index (χ4v) is 2.81. The number of fused-ring (bicyclic) bond motifs is 1. The van der Waals surface area contributed by atoms with Gasteiger partial charge in [0.1, 0.15) is 24.1 Å². The van der Waals surface area contributed by atoms with Crippen molar-refractivity contribution in [1.82, 2.24) is 5.32 Å². The van der Waals surface area contributed by atoms with Crippen molar-refractivity contribution in [1.29, 1.82) is 0 Å². The maximum Gasteiger partial charge on any atom is 0.182 e. The predicted octanol–water partition coefficient (Wildman–Crippen LogP) is 2.72. The quantitative estimate of drug-likeness (QED) is 0.852. The third kappa shape index (κ3) is 2.04. The standard InChI is InChI=1S/C13H15ClFNO2/c14-11-12(15)9(8-2-1-3-16-7-8)6-10-13(11)18-5-4-17-10/h6,8,16H,1-5,7H2. The van der Waals surface area contributed by atoms with Crippen LogP contribution < -0.4 is 14.8 Å². The predicted molar refractivity (Wildman–Crippen MR) is 67.2 cm³/mol. The lowest BCUT2D eigenvalue weighted by Crippen LogP contribution is -2.29. The molecule has 1 atom stereocenters. The molecule has 5 heteroatoms. The van der Waals surface area contributed by atoms with Gasteiger partial charge in [0.25, 0.3) is 0 Å². The van der Waals surface area contributed by atoms with Crippen LogP contribution in [0.5, 0.6) is 11.5 Å². The fourth-order valence-electron chi connectivity index (χ4n) is 2.56. The summed E-state index contributed by atoms with van der Waals surface area (Å²) in [5.74, 6) is 0.697. The van der Waals surface area contributed by atoms with Crippen LogP contribution in [0.3, 0.4) is 0 Å². The van der Waals surface area contributed by atoms with E-state index < -0.39 is 0 Å². The van der Waals surface area contributed by atoms with Gasteiger partial charge in [-0.3, -0.25) is 0 Å². The van der Waals surface area contributed by atoms with Gasteiger partial charge in [-0.05, 0) is 36.9 Å². The van der Waals surface area contributed by atoms with Crippen LogP contribution in [0.15, 0.2) is 6.07 Å². The van der Waals surface area contributed by atoms with E-state index in [1.54, 1.807) is 6.07 Å². The number of hydrogen-bond donors (Lipinski definition) is 1. The van der Waals surface area contributed by atoms with Gasteiger partial charge < -0.3 is 14.8 Å². The van der Waals surface area contributed by atoms with Gasteiger partial charge in [-0.1, -0.05) is 11.6 Å². The molecule has 98 valence electrons. The Hall–Kier alpha value is -1.00. The summed E-state index contributed by atoms with van der Waals surface area (Å²) in [6.45, 7) is 2.68. The van der Waals surface area contributed by atoms with E-state index in [0.29, 0.717) is 30.3 Å². The first-order valence-electron chi connectivity index (χ1n) is 6.25. The van der Waals surface area contributed by atoms with Crippen molar-refractivity contribution in [3.63, 3.8) is 0 Å². The van der Waals surface area contributed by atoms with Gasteiger partial charge in [-0.15, -0.1) is 0 Å². The van der Waals surface area contributed by atoms with E-state index in [9.17, 15) is 4.39 Å².